The number of aryl methyl sites for hydroxylation is 1. The first-order valence-electron chi connectivity index (χ1n) is 5.84. The maximum atomic E-state index is 6.03. The lowest BCUT2D eigenvalue weighted by molar-refractivity contribution is 0.298. The summed E-state index contributed by atoms with van der Waals surface area (Å²) in [5.74, 6) is 0.569. The third-order valence-electron chi connectivity index (χ3n) is 2.80. The Morgan fingerprint density at radius 1 is 1.50 bits per heavy atom. The van der Waals surface area contributed by atoms with Crippen LogP contribution in [0.15, 0.2) is 6.20 Å². The third kappa shape index (κ3) is 4.60. The molecule has 0 bridgehead atoms. The number of hydrogen-bond donors (Lipinski definition) is 1. The summed E-state index contributed by atoms with van der Waals surface area (Å²) in [6, 6.07) is 0.311. The van der Waals surface area contributed by atoms with Gasteiger partial charge < -0.3 is 10.6 Å². The smallest absolute Gasteiger partial charge is 0.0897 e. The Bertz CT molecular complexity index is 309. The van der Waals surface area contributed by atoms with Crippen LogP contribution in [0.25, 0.3) is 0 Å². The molecule has 1 rings (SSSR count). The number of thiazole rings is 1. The molecule has 1 unspecified atom stereocenters. The average molecular weight is 241 g/mol. The second kappa shape index (κ2) is 6.33. The Morgan fingerprint density at radius 2 is 2.19 bits per heavy atom. The largest absolute Gasteiger partial charge is 0.327 e. The second-order valence-corrected chi connectivity index (χ2v) is 6.10. The number of nitrogens with two attached hydrogens (primary N) is 1. The van der Waals surface area contributed by atoms with E-state index in [1.54, 1.807) is 11.3 Å². The van der Waals surface area contributed by atoms with Gasteiger partial charge in [-0.3, -0.25) is 0 Å². The normalized spacial score (nSPS) is 13.7. The minimum absolute atomic E-state index is 0.311. The van der Waals surface area contributed by atoms with E-state index in [1.807, 2.05) is 13.1 Å². The van der Waals surface area contributed by atoms with Crippen molar-refractivity contribution in [1.82, 2.24) is 9.88 Å². The zero-order valence-corrected chi connectivity index (χ0v) is 11.5. The summed E-state index contributed by atoms with van der Waals surface area (Å²) in [5.41, 5.74) is 6.03. The minimum Gasteiger partial charge on any atom is -0.327 e. The van der Waals surface area contributed by atoms with Crippen molar-refractivity contribution in [3.8, 4) is 0 Å². The van der Waals surface area contributed by atoms with Crippen molar-refractivity contribution in [3.63, 3.8) is 0 Å². The van der Waals surface area contributed by atoms with E-state index in [2.05, 4.69) is 30.8 Å². The highest BCUT2D eigenvalue weighted by Gasteiger charge is 2.09. The van der Waals surface area contributed by atoms with E-state index in [4.69, 9.17) is 5.73 Å². The van der Waals surface area contributed by atoms with Crippen molar-refractivity contribution in [3.05, 3.63) is 16.1 Å². The van der Waals surface area contributed by atoms with Crippen LogP contribution in [0.2, 0.25) is 0 Å². The van der Waals surface area contributed by atoms with Crippen LogP contribution in [-0.2, 0) is 6.54 Å². The maximum Gasteiger partial charge on any atom is 0.0897 e. The molecule has 4 heteroatoms. The lowest BCUT2D eigenvalue weighted by atomic mass is 10.0. The second-order valence-electron chi connectivity index (χ2n) is 4.78. The van der Waals surface area contributed by atoms with Crippen molar-refractivity contribution in [2.75, 3.05) is 13.6 Å². The molecular weight excluding hydrogens is 218 g/mol. The van der Waals surface area contributed by atoms with Gasteiger partial charge in [0.1, 0.15) is 0 Å². The molecule has 2 N–H and O–H groups in total. The topological polar surface area (TPSA) is 42.2 Å². The molecule has 1 heterocycles. The average Bonchev–Trinajstić information content (AvgIpc) is 2.60. The van der Waals surface area contributed by atoms with Crippen LogP contribution in [0, 0.1) is 12.8 Å². The Balaban J connectivity index is 2.28. The monoisotopic (exact) mass is 241 g/mol. The molecule has 0 saturated carbocycles. The van der Waals surface area contributed by atoms with E-state index in [0.717, 1.165) is 24.5 Å². The van der Waals surface area contributed by atoms with Gasteiger partial charge in [-0.15, -0.1) is 11.3 Å². The summed E-state index contributed by atoms with van der Waals surface area (Å²) in [5, 5.41) is 1.14. The van der Waals surface area contributed by atoms with Crippen LogP contribution in [0.5, 0.6) is 0 Å². The Kier molecular flexibility index (Phi) is 5.38. The number of hydrogen-bond acceptors (Lipinski definition) is 4. The molecule has 0 spiro atoms. The molecule has 0 aliphatic rings. The first-order chi connectivity index (χ1) is 7.49. The zero-order valence-electron chi connectivity index (χ0n) is 10.7. The number of aromatic nitrogens is 1. The van der Waals surface area contributed by atoms with Crippen LogP contribution in [0.1, 0.15) is 30.2 Å². The van der Waals surface area contributed by atoms with Gasteiger partial charge in [0.25, 0.3) is 0 Å². The van der Waals surface area contributed by atoms with Crippen molar-refractivity contribution >= 4 is 11.3 Å². The molecule has 0 aromatic carbocycles. The molecule has 1 aromatic heterocycles. The molecule has 0 amide bonds. The van der Waals surface area contributed by atoms with Crippen molar-refractivity contribution in [2.24, 2.45) is 11.7 Å². The van der Waals surface area contributed by atoms with E-state index < -0.39 is 0 Å². The van der Waals surface area contributed by atoms with Gasteiger partial charge in [-0.25, -0.2) is 4.98 Å². The van der Waals surface area contributed by atoms with E-state index in [9.17, 15) is 0 Å². The van der Waals surface area contributed by atoms with Crippen molar-refractivity contribution in [1.29, 1.82) is 0 Å². The molecule has 1 atom stereocenters. The molecule has 0 radical (unpaired) electrons. The fraction of sp³-hybridized carbons (Fsp3) is 0.750. The van der Waals surface area contributed by atoms with Gasteiger partial charge in [0, 0.05) is 23.7 Å². The molecule has 0 aliphatic carbocycles. The molecule has 0 fully saturated rings. The first-order valence-corrected chi connectivity index (χ1v) is 6.66. The predicted octanol–water partition coefficient (Wildman–Crippen LogP) is 2.26. The van der Waals surface area contributed by atoms with Gasteiger partial charge >= 0.3 is 0 Å². The number of rotatable bonds is 6. The van der Waals surface area contributed by atoms with Crippen LogP contribution < -0.4 is 5.73 Å². The fourth-order valence-corrected chi connectivity index (χ4v) is 2.40. The predicted molar refractivity (Wildman–Crippen MR) is 70.6 cm³/mol. The molecule has 0 saturated heterocycles. The number of nitrogens with zero attached hydrogens (tertiary/aromatic N) is 2. The van der Waals surface area contributed by atoms with Gasteiger partial charge in [0.15, 0.2) is 0 Å². The highest BCUT2D eigenvalue weighted by molar-refractivity contribution is 7.11. The van der Waals surface area contributed by atoms with E-state index in [0.29, 0.717) is 12.0 Å². The SMILES string of the molecule is Cc1ncc(CN(C)CCC(N)C(C)C)s1. The van der Waals surface area contributed by atoms with E-state index >= 15 is 0 Å². The Morgan fingerprint density at radius 3 is 2.69 bits per heavy atom. The summed E-state index contributed by atoms with van der Waals surface area (Å²) in [6.45, 7) is 8.43. The van der Waals surface area contributed by atoms with Crippen LogP contribution in [0.4, 0.5) is 0 Å². The summed E-state index contributed by atoms with van der Waals surface area (Å²) >= 11 is 1.77. The van der Waals surface area contributed by atoms with Gasteiger partial charge in [-0.1, -0.05) is 13.8 Å². The summed E-state index contributed by atoms with van der Waals surface area (Å²) in [4.78, 5) is 7.91. The molecule has 0 aliphatic heterocycles. The molecule has 16 heavy (non-hydrogen) atoms. The van der Waals surface area contributed by atoms with Crippen molar-refractivity contribution < 1.29 is 0 Å². The molecule has 92 valence electrons. The van der Waals surface area contributed by atoms with Gasteiger partial charge in [0.05, 0.1) is 5.01 Å². The van der Waals surface area contributed by atoms with Crippen LogP contribution >= 0.6 is 11.3 Å². The zero-order chi connectivity index (χ0) is 12.1. The summed E-state index contributed by atoms with van der Waals surface area (Å²) in [7, 11) is 2.14. The molecule has 3 nitrogen and oxygen atoms in total. The highest BCUT2D eigenvalue weighted by atomic mass is 32.1. The lowest BCUT2D eigenvalue weighted by Gasteiger charge is -2.20. The fourth-order valence-electron chi connectivity index (χ4n) is 1.53. The third-order valence-corrected chi connectivity index (χ3v) is 3.69. The standard InChI is InChI=1S/C12H23N3S/c1-9(2)12(13)5-6-15(4)8-11-7-14-10(3)16-11/h7,9,12H,5-6,8,13H2,1-4H3. The Hall–Kier alpha value is -0.450. The van der Waals surface area contributed by atoms with E-state index in [-0.39, 0.29) is 0 Å². The first kappa shape index (κ1) is 13.6. The van der Waals surface area contributed by atoms with Crippen LogP contribution in [-0.4, -0.2) is 29.5 Å². The minimum atomic E-state index is 0.311. The molecular formula is C12H23N3S. The molecule has 1 aromatic rings. The van der Waals surface area contributed by atoms with Gasteiger partial charge in [-0.05, 0) is 32.9 Å². The summed E-state index contributed by atoms with van der Waals surface area (Å²) < 4.78 is 0. The maximum absolute atomic E-state index is 6.03. The lowest BCUT2D eigenvalue weighted by Crippen LogP contribution is -2.31. The Labute approximate surface area is 103 Å². The summed E-state index contributed by atoms with van der Waals surface area (Å²) in [6.07, 6.45) is 3.03. The highest BCUT2D eigenvalue weighted by Crippen LogP contribution is 2.14. The van der Waals surface area contributed by atoms with Gasteiger partial charge in [0.2, 0.25) is 0 Å². The van der Waals surface area contributed by atoms with Crippen molar-refractivity contribution in [2.45, 2.75) is 39.8 Å². The quantitative estimate of drug-likeness (QED) is 0.830. The van der Waals surface area contributed by atoms with E-state index in [1.165, 1.54) is 4.88 Å². The van der Waals surface area contributed by atoms with Crippen LogP contribution in [0.3, 0.4) is 0 Å². The van der Waals surface area contributed by atoms with Gasteiger partial charge in [-0.2, -0.15) is 0 Å².